The molecule has 2 rings (SSSR count). The van der Waals surface area contributed by atoms with E-state index in [-0.39, 0.29) is 17.9 Å². The van der Waals surface area contributed by atoms with E-state index in [1.165, 1.54) is 0 Å². The van der Waals surface area contributed by atoms with Crippen LogP contribution in [0.5, 0.6) is 5.75 Å². The van der Waals surface area contributed by atoms with Crippen LogP contribution in [-0.4, -0.2) is 18.3 Å². The average Bonchev–Trinajstić information content (AvgIpc) is 3.09. The Morgan fingerprint density at radius 1 is 1.41 bits per heavy atom. The van der Waals surface area contributed by atoms with Crippen molar-refractivity contribution in [3.63, 3.8) is 0 Å². The van der Waals surface area contributed by atoms with E-state index < -0.39 is 17.7 Å². The molecule has 0 saturated heterocycles. The van der Waals surface area contributed by atoms with Gasteiger partial charge in [-0.3, -0.25) is 0 Å². The lowest BCUT2D eigenvalue weighted by Crippen LogP contribution is -2.14. The highest BCUT2D eigenvalue weighted by Crippen LogP contribution is 2.33. The maximum atomic E-state index is 13.6. The number of ether oxygens (including phenoxy) is 1. The van der Waals surface area contributed by atoms with E-state index in [0.29, 0.717) is 12.5 Å². The SMILES string of the molecule is NCC(O)c1cc(F)cc(F)c1OCC1CC1. The first kappa shape index (κ1) is 12.3. The van der Waals surface area contributed by atoms with Gasteiger partial charge >= 0.3 is 0 Å². The molecule has 0 bridgehead atoms. The van der Waals surface area contributed by atoms with Gasteiger partial charge in [-0.15, -0.1) is 0 Å². The van der Waals surface area contributed by atoms with E-state index in [9.17, 15) is 13.9 Å². The minimum Gasteiger partial charge on any atom is -0.490 e. The van der Waals surface area contributed by atoms with Crippen LogP contribution in [0.2, 0.25) is 0 Å². The van der Waals surface area contributed by atoms with Crippen molar-refractivity contribution in [1.29, 1.82) is 0 Å². The van der Waals surface area contributed by atoms with Crippen molar-refractivity contribution in [3.05, 3.63) is 29.3 Å². The third-order valence-corrected chi connectivity index (χ3v) is 2.78. The minimum absolute atomic E-state index is 0.0747. The van der Waals surface area contributed by atoms with Gasteiger partial charge in [-0.25, -0.2) is 8.78 Å². The largest absolute Gasteiger partial charge is 0.490 e. The Morgan fingerprint density at radius 3 is 2.71 bits per heavy atom. The van der Waals surface area contributed by atoms with E-state index >= 15 is 0 Å². The molecule has 0 heterocycles. The number of benzene rings is 1. The Bertz CT molecular complexity index is 408. The van der Waals surface area contributed by atoms with Crippen LogP contribution in [-0.2, 0) is 0 Å². The third-order valence-electron chi connectivity index (χ3n) is 2.78. The van der Waals surface area contributed by atoms with Crippen molar-refractivity contribution in [2.45, 2.75) is 18.9 Å². The molecule has 1 aromatic rings. The third kappa shape index (κ3) is 2.92. The van der Waals surface area contributed by atoms with Crippen LogP contribution in [0.25, 0.3) is 0 Å². The highest BCUT2D eigenvalue weighted by atomic mass is 19.1. The van der Waals surface area contributed by atoms with Gasteiger partial charge in [0.05, 0.1) is 12.7 Å². The zero-order valence-corrected chi connectivity index (χ0v) is 9.33. The molecular weight excluding hydrogens is 228 g/mol. The first-order valence-corrected chi connectivity index (χ1v) is 5.61. The summed E-state index contributed by atoms with van der Waals surface area (Å²) < 4.78 is 31.9. The van der Waals surface area contributed by atoms with Crippen LogP contribution in [0, 0.1) is 17.6 Å². The molecular formula is C12H15F2NO2. The van der Waals surface area contributed by atoms with Crippen molar-refractivity contribution in [3.8, 4) is 5.75 Å². The van der Waals surface area contributed by atoms with Crippen LogP contribution in [0.1, 0.15) is 24.5 Å². The number of aliphatic hydroxyl groups excluding tert-OH is 1. The predicted molar refractivity (Wildman–Crippen MR) is 58.6 cm³/mol. The molecule has 1 atom stereocenters. The summed E-state index contributed by atoms with van der Waals surface area (Å²) in [6.45, 7) is 0.287. The summed E-state index contributed by atoms with van der Waals surface area (Å²) in [5, 5.41) is 9.60. The fourth-order valence-corrected chi connectivity index (χ4v) is 1.59. The van der Waals surface area contributed by atoms with Crippen LogP contribution in [0.3, 0.4) is 0 Å². The Labute approximate surface area is 98.2 Å². The molecule has 3 N–H and O–H groups in total. The summed E-state index contributed by atoms with van der Waals surface area (Å²) in [5.74, 6) is -1.18. The smallest absolute Gasteiger partial charge is 0.168 e. The first-order chi connectivity index (χ1) is 8.11. The molecule has 17 heavy (non-hydrogen) atoms. The van der Waals surface area contributed by atoms with E-state index in [4.69, 9.17) is 10.5 Å². The Balaban J connectivity index is 2.24. The van der Waals surface area contributed by atoms with Gasteiger partial charge < -0.3 is 15.6 Å². The topological polar surface area (TPSA) is 55.5 Å². The minimum atomic E-state index is -1.12. The van der Waals surface area contributed by atoms with Crippen molar-refractivity contribution in [2.24, 2.45) is 11.7 Å². The molecule has 1 aliphatic rings. The number of halogens is 2. The molecule has 1 fully saturated rings. The van der Waals surface area contributed by atoms with Gasteiger partial charge in [0, 0.05) is 18.2 Å². The average molecular weight is 243 g/mol. The molecule has 0 radical (unpaired) electrons. The van der Waals surface area contributed by atoms with Crippen LogP contribution in [0.15, 0.2) is 12.1 Å². The molecule has 1 unspecified atom stereocenters. The van der Waals surface area contributed by atoms with Crippen molar-refractivity contribution in [2.75, 3.05) is 13.2 Å². The zero-order chi connectivity index (χ0) is 12.4. The number of hydrogen-bond acceptors (Lipinski definition) is 3. The summed E-state index contributed by atoms with van der Waals surface area (Å²) in [6, 6.07) is 1.80. The summed E-state index contributed by atoms with van der Waals surface area (Å²) in [7, 11) is 0. The van der Waals surface area contributed by atoms with Crippen molar-refractivity contribution < 1.29 is 18.6 Å². The summed E-state index contributed by atoms with van der Waals surface area (Å²) >= 11 is 0. The summed E-state index contributed by atoms with van der Waals surface area (Å²) in [6.07, 6.45) is 1.02. The lowest BCUT2D eigenvalue weighted by molar-refractivity contribution is 0.176. The molecule has 0 spiro atoms. The Hall–Kier alpha value is -1.20. The number of aliphatic hydroxyl groups is 1. The van der Waals surface area contributed by atoms with Crippen LogP contribution in [0.4, 0.5) is 8.78 Å². The number of nitrogens with two attached hydrogens (primary N) is 1. The Kier molecular flexibility index (Phi) is 3.59. The molecule has 0 aromatic heterocycles. The fourth-order valence-electron chi connectivity index (χ4n) is 1.59. The van der Waals surface area contributed by atoms with Gasteiger partial charge in [-0.2, -0.15) is 0 Å². The van der Waals surface area contributed by atoms with E-state index in [1.807, 2.05) is 0 Å². The molecule has 0 aliphatic heterocycles. The quantitative estimate of drug-likeness (QED) is 0.828. The lowest BCUT2D eigenvalue weighted by Gasteiger charge is -2.15. The number of rotatable bonds is 5. The van der Waals surface area contributed by atoms with Crippen LogP contribution >= 0.6 is 0 Å². The van der Waals surface area contributed by atoms with Gasteiger partial charge in [0.1, 0.15) is 5.82 Å². The fraction of sp³-hybridized carbons (Fsp3) is 0.500. The van der Waals surface area contributed by atoms with E-state index in [1.54, 1.807) is 0 Å². The Morgan fingerprint density at radius 2 is 2.12 bits per heavy atom. The molecule has 5 heteroatoms. The van der Waals surface area contributed by atoms with Gasteiger partial charge in [-0.05, 0) is 24.8 Å². The van der Waals surface area contributed by atoms with Crippen molar-refractivity contribution >= 4 is 0 Å². The molecule has 1 saturated carbocycles. The number of hydrogen-bond donors (Lipinski definition) is 2. The second kappa shape index (κ2) is 4.98. The van der Waals surface area contributed by atoms with E-state index in [2.05, 4.69) is 0 Å². The lowest BCUT2D eigenvalue weighted by atomic mass is 10.1. The molecule has 3 nitrogen and oxygen atoms in total. The second-order valence-electron chi connectivity index (χ2n) is 4.31. The monoisotopic (exact) mass is 243 g/mol. The van der Waals surface area contributed by atoms with E-state index in [0.717, 1.165) is 25.0 Å². The van der Waals surface area contributed by atoms with Crippen molar-refractivity contribution in [1.82, 2.24) is 0 Å². The predicted octanol–water partition coefficient (Wildman–Crippen LogP) is 1.75. The standard InChI is InChI=1S/C12H15F2NO2/c13-8-3-9(11(16)5-15)12(10(14)4-8)17-6-7-1-2-7/h3-4,7,11,16H,1-2,5-6,15H2. The van der Waals surface area contributed by atoms with Gasteiger partial charge in [-0.1, -0.05) is 0 Å². The molecule has 0 amide bonds. The van der Waals surface area contributed by atoms with Gasteiger partial charge in [0.2, 0.25) is 0 Å². The maximum absolute atomic E-state index is 13.6. The molecule has 1 aliphatic carbocycles. The molecule has 94 valence electrons. The normalized spacial score (nSPS) is 16.9. The first-order valence-electron chi connectivity index (χ1n) is 5.61. The summed E-state index contributed by atoms with van der Waals surface area (Å²) in [5.41, 5.74) is 5.37. The van der Waals surface area contributed by atoms with Gasteiger partial charge in [0.25, 0.3) is 0 Å². The highest BCUT2D eigenvalue weighted by Gasteiger charge is 2.24. The maximum Gasteiger partial charge on any atom is 0.168 e. The zero-order valence-electron chi connectivity index (χ0n) is 9.33. The summed E-state index contributed by atoms with van der Waals surface area (Å²) in [4.78, 5) is 0. The molecule has 1 aromatic carbocycles. The van der Waals surface area contributed by atoms with Crippen LogP contribution < -0.4 is 10.5 Å². The van der Waals surface area contributed by atoms with Gasteiger partial charge in [0.15, 0.2) is 11.6 Å². The second-order valence-corrected chi connectivity index (χ2v) is 4.31. The highest BCUT2D eigenvalue weighted by molar-refractivity contribution is 5.37.